The molecular formula is C13H23ClO3. The maximum atomic E-state index is 10.8. The van der Waals surface area contributed by atoms with Crippen molar-refractivity contribution in [3.05, 3.63) is 0 Å². The number of alkyl halides is 1. The minimum Gasteiger partial charge on any atom is -0.438 e. The monoisotopic (exact) mass is 262 g/mol. The molecule has 0 aliphatic heterocycles. The Bertz CT molecular complexity index is 199. The van der Waals surface area contributed by atoms with Gasteiger partial charge in [-0.2, -0.15) is 0 Å². The molecule has 0 spiro atoms. The Morgan fingerprint density at radius 2 is 1.53 bits per heavy atom. The zero-order valence-corrected chi connectivity index (χ0v) is 11.2. The molecule has 0 radical (unpaired) electrons. The number of hydrogen-bond donors (Lipinski definition) is 0. The van der Waals surface area contributed by atoms with E-state index in [0.717, 1.165) is 12.8 Å². The average Bonchev–Trinajstić information content (AvgIpc) is 2.36. The fourth-order valence-electron chi connectivity index (χ4n) is 2.17. The summed E-state index contributed by atoms with van der Waals surface area (Å²) in [5.74, 6) is -0.514. The Morgan fingerprint density at radius 1 is 1.00 bits per heavy atom. The molecule has 0 saturated heterocycles. The van der Waals surface area contributed by atoms with Crippen LogP contribution in [0.2, 0.25) is 0 Å². The summed E-state index contributed by atoms with van der Waals surface area (Å²) in [4.78, 5) is 10.8. The fourth-order valence-corrected chi connectivity index (χ4v) is 2.25. The van der Waals surface area contributed by atoms with E-state index in [-0.39, 0.29) is 18.8 Å². The topological polar surface area (TPSA) is 35.5 Å². The third-order valence-electron chi connectivity index (χ3n) is 3.18. The van der Waals surface area contributed by atoms with Crippen molar-refractivity contribution in [2.24, 2.45) is 0 Å². The molecule has 0 aromatic heterocycles. The van der Waals surface area contributed by atoms with Crippen molar-refractivity contribution in [3.8, 4) is 0 Å². The maximum absolute atomic E-state index is 10.8. The summed E-state index contributed by atoms with van der Waals surface area (Å²) < 4.78 is 10.4. The van der Waals surface area contributed by atoms with Gasteiger partial charge in [0.2, 0.25) is 0 Å². The van der Waals surface area contributed by atoms with Crippen LogP contribution < -0.4 is 0 Å². The van der Waals surface area contributed by atoms with E-state index in [9.17, 15) is 4.79 Å². The van der Waals surface area contributed by atoms with Crippen molar-refractivity contribution < 1.29 is 14.3 Å². The second kappa shape index (κ2) is 9.72. The second-order valence-electron chi connectivity index (χ2n) is 4.61. The van der Waals surface area contributed by atoms with Crippen LogP contribution in [0.25, 0.3) is 0 Å². The highest BCUT2D eigenvalue weighted by Gasteiger charge is 2.11. The molecule has 1 fully saturated rings. The van der Waals surface area contributed by atoms with Crippen molar-refractivity contribution in [3.63, 3.8) is 0 Å². The summed E-state index contributed by atoms with van der Waals surface area (Å²) in [6.07, 6.45) is 11.5. The number of carbonyl (C=O) groups excluding carboxylic acids is 1. The van der Waals surface area contributed by atoms with Gasteiger partial charge in [0, 0.05) is 0 Å². The molecule has 0 N–H and O–H groups in total. The first-order valence-electron chi connectivity index (χ1n) is 6.66. The van der Waals surface area contributed by atoms with Crippen LogP contribution in [-0.4, -0.2) is 24.7 Å². The Kier molecular flexibility index (Phi) is 8.45. The Hall–Kier alpha value is -0.280. The number of halogens is 1. The van der Waals surface area contributed by atoms with Gasteiger partial charge in [0.05, 0.1) is 6.10 Å². The molecule has 0 aromatic carbocycles. The van der Waals surface area contributed by atoms with Crippen LogP contribution in [0.15, 0.2) is 0 Å². The van der Waals surface area contributed by atoms with Crippen LogP contribution in [-0.2, 0) is 14.3 Å². The Morgan fingerprint density at radius 3 is 2.06 bits per heavy atom. The molecule has 0 bridgehead atoms. The van der Waals surface area contributed by atoms with E-state index in [4.69, 9.17) is 21.1 Å². The predicted molar refractivity (Wildman–Crippen MR) is 68.1 cm³/mol. The molecule has 0 heterocycles. The number of rotatable bonds is 4. The predicted octanol–water partition coefficient (Wildman–Crippen LogP) is 3.64. The van der Waals surface area contributed by atoms with Crippen LogP contribution in [0.1, 0.15) is 57.8 Å². The highest BCUT2D eigenvalue weighted by Crippen LogP contribution is 2.18. The molecule has 0 atom stereocenters. The number of carbonyl (C=O) groups is 1. The lowest BCUT2D eigenvalue weighted by Crippen LogP contribution is -2.18. The van der Waals surface area contributed by atoms with Crippen molar-refractivity contribution in [1.29, 1.82) is 0 Å². The molecule has 0 amide bonds. The van der Waals surface area contributed by atoms with Gasteiger partial charge in [-0.05, 0) is 12.8 Å². The van der Waals surface area contributed by atoms with Crippen LogP contribution in [0.3, 0.4) is 0 Å². The molecule has 3 nitrogen and oxygen atoms in total. The first kappa shape index (κ1) is 14.8. The molecule has 1 rings (SSSR count). The normalized spacial score (nSPS) is 19.8. The summed E-state index contributed by atoms with van der Waals surface area (Å²) >= 11 is 5.33. The van der Waals surface area contributed by atoms with Gasteiger partial charge < -0.3 is 9.47 Å². The average molecular weight is 263 g/mol. The maximum Gasteiger partial charge on any atom is 0.322 e. The lowest BCUT2D eigenvalue weighted by molar-refractivity contribution is -0.158. The Labute approximate surface area is 109 Å². The third kappa shape index (κ3) is 7.61. The molecule has 1 aliphatic rings. The summed E-state index contributed by atoms with van der Waals surface area (Å²) in [6, 6.07) is 0. The van der Waals surface area contributed by atoms with Gasteiger partial charge in [0.1, 0.15) is 5.88 Å². The molecule has 1 aliphatic carbocycles. The van der Waals surface area contributed by atoms with Crippen molar-refractivity contribution in [2.45, 2.75) is 63.9 Å². The van der Waals surface area contributed by atoms with Crippen LogP contribution in [0, 0.1) is 0 Å². The van der Waals surface area contributed by atoms with E-state index in [1.165, 1.54) is 44.9 Å². The fraction of sp³-hybridized carbons (Fsp3) is 0.923. The van der Waals surface area contributed by atoms with Crippen LogP contribution in [0.4, 0.5) is 0 Å². The third-order valence-corrected chi connectivity index (χ3v) is 3.40. The minimum atomic E-state index is -0.411. The summed E-state index contributed by atoms with van der Waals surface area (Å²) in [5, 5.41) is 0. The van der Waals surface area contributed by atoms with E-state index in [1.807, 2.05) is 0 Å². The molecule has 1 saturated carbocycles. The molecule has 100 valence electrons. The number of ether oxygens (including phenoxy) is 2. The minimum absolute atomic E-state index is 0.0518. The van der Waals surface area contributed by atoms with Crippen LogP contribution >= 0.6 is 11.6 Å². The molecule has 0 aromatic rings. The SMILES string of the molecule is O=C(CCl)OCOC1CCCCCCCCC1. The van der Waals surface area contributed by atoms with E-state index in [0.29, 0.717) is 0 Å². The lowest BCUT2D eigenvalue weighted by Gasteiger charge is -2.18. The number of hydrogen-bond acceptors (Lipinski definition) is 3. The highest BCUT2D eigenvalue weighted by molar-refractivity contribution is 6.26. The zero-order valence-electron chi connectivity index (χ0n) is 10.5. The summed E-state index contributed by atoms with van der Waals surface area (Å²) in [5.41, 5.74) is 0. The van der Waals surface area contributed by atoms with Gasteiger partial charge in [-0.3, -0.25) is 4.79 Å². The molecule has 4 heteroatoms. The summed E-state index contributed by atoms with van der Waals surface area (Å²) in [6.45, 7) is 0.0518. The van der Waals surface area contributed by atoms with E-state index in [2.05, 4.69) is 0 Å². The molecular weight excluding hydrogens is 240 g/mol. The quantitative estimate of drug-likeness (QED) is 0.441. The van der Waals surface area contributed by atoms with Crippen molar-refractivity contribution in [1.82, 2.24) is 0 Å². The van der Waals surface area contributed by atoms with Gasteiger partial charge >= 0.3 is 5.97 Å². The van der Waals surface area contributed by atoms with E-state index >= 15 is 0 Å². The number of esters is 1. The Balaban J connectivity index is 2.16. The second-order valence-corrected chi connectivity index (χ2v) is 4.88. The van der Waals surface area contributed by atoms with Gasteiger partial charge in [0.25, 0.3) is 0 Å². The van der Waals surface area contributed by atoms with Crippen molar-refractivity contribution >= 4 is 17.6 Å². The largest absolute Gasteiger partial charge is 0.438 e. The first-order valence-corrected chi connectivity index (χ1v) is 7.19. The van der Waals surface area contributed by atoms with E-state index < -0.39 is 5.97 Å². The smallest absolute Gasteiger partial charge is 0.322 e. The molecule has 0 unspecified atom stereocenters. The zero-order chi connectivity index (χ0) is 12.3. The van der Waals surface area contributed by atoms with Gasteiger partial charge in [-0.15, -0.1) is 11.6 Å². The lowest BCUT2D eigenvalue weighted by atomic mass is 9.99. The highest BCUT2D eigenvalue weighted by atomic mass is 35.5. The van der Waals surface area contributed by atoms with E-state index in [1.54, 1.807) is 0 Å². The first-order chi connectivity index (χ1) is 8.33. The standard InChI is InChI=1S/C13H23ClO3/c14-10-13(15)17-11-16-12-8-6-4-2-1-3-5-7-9-12/h12H,1-11H2. The van der Waals surface area contributed by atoms with Crippen LogP contribution in [0.5, 0.6) is 0 Å². The van der Waals surface area contributed by atoms with Gasteiger partial charge in [-0.25, -0.2) is 0 Å². The molecule has 17 heavy (non-hydrogen) atoms. The van der Waals surface area contributed by atoms with Crippen molar-refractivity contribution in [2.75, 3.05) is 12.7 Å². The summed E-state index contributed by atoms with van der Waals surface area (Å²) in [7, 11) is 0. The van der Waals surface area contributed by atoms with Gasteiger partial charge in [0.15, 0.2) is 6.79 Å². The van der Waals surface area contributed by atoms with Gasteiger partial charge in [-0.1, -0.05) is 44.9 Å².